The molecule has 2 aromatic rings. The molecule has 4 unspecified atom stereocenters. The first kappa shape index (κ1) is 15.6. The van der Waals surface area contributed by atoms with Crippen molar-refractivity contribution >= 4 is 11.0 Å². The number of hydrogen-bond acceptors (Lipinski definition) is 3. The molecule has 1 saturated heterocycles. The molecule has 1 aromatic carbocycles. The minimum absolute atomic E-state index is 0.113. The van der Waals surface area contributed by atoms with E-state index < -0.39 is 0 Å². The largest absolute Gasteiger partial charge is 0.373 e. The summed E-state index contributed by atoms with van der Waals surface area (Å²) in [6, 6.07) is 4.21. The van der Waals surface area contributed by atoms with E-state index >= 15 is 0 Å². The zero-order chi connectivity index (χ0) is 16.5. The molecule has 1 aromatic heterocycles. The number of ether oxygens (including phenoxy) is 1. The maximum atomic E-state index is 6.32. The highest BCUT2D eigenvalue weighted by atomic mass is 16.5. The van der Waals surface area contributed by atoms with Gasteiger partial charge in [0.1, 0.15) is 5.52 Å². The number of nitrogens with zero attached hydrogens (tertiary/aromatic N) is 2. The Morgan fingerprint density at radius 1 is 1.29 bits per heavy atom. The van der Waals surface area contributed by atoms with Crippen molar-refractivity contribution in [3.63, 3.8) is 0 Å². The zero-order valence-corrected chi connectivity index (χ0v) is 14.4. The maximum Gasteiger partial charge on any atom is 0.118 e. The number of hydrogen-bond donors (Lipinski definition) is 1. The summed E-state index contributed by atoms with van der Waals surface area (Å²) in [6.45, 7) is 5.38. The maximum absolute atomic E-state index is 6.32. The molecule has 0 radical (unpaired) electrons. The summed E-state index contributed by atoms with van der Waals surface area (Å²) in [6.07, 6.45) is 12.6. The van der Waals surface area contributed by atoms with Crippen LogP contribution in [0.1, 0.15) is 43.4 Å². The molecule has 126 valence electrons. The van der Waals surface area contributed by atoms with Gasteiger partial charge in [-0.05, 0) is 55.6 Å². The Hall–Kier alpha value is -1.94. The van der Waals surface area contributed by atoms with Crippen LogP contribution in [-0.2, 0) is 4.74 Å². The van der Waals surface area contributed by atoms with Crippen LogP contribution in [0, 0.1) is 24.7 Å². The number of allylic oxidation sites excluding steroid dienone is 4. The van der Waals surface area contributed by atoms with Crippen LogP contribution in [0.3, 0.4) is 0 Å². The van der Waals surface area contributed by atoms with Crippen LogP contribution >= 0.6 is 0 Å². The second-order valence-corrected chi connectivity index (χ2v) is 7.17. The molecule has 1 aliphatic carbocycles. The van der Waals surface area contributed by atoms with E-state index in [0.717, 1.165) is 30.5 Å². The lowest BCUT2D eigenvalue weighted by Crippen LogP contribution is -2.31. The van der Waals surface area contributed by atoms with Crippen LogP contribution in [-0.4, -0.2) is 22.0 Å². The molecule has 2 aliphatic rings. The number of aromatic amines is 1. The van der Waals surface area contributed by atoms with Gasteiger partial charge in [0, 0.05) is 12.2 Å². The van der Waals surface area contributed by atoms with Crippen LogP contribution in [0.15, 0.2) is 36.4 Å². The molecule has 4 nitrogen and oxygen atoms in total. The first-order valence-corrected chi connectivity index (χ1v) is 9.01. The predicted molar refractivity (Wildman–Crippen MR) is 95.6 cm³/mol. The highest BCUT2D eigenvalue weighted by Crippen LogP contribution is 2.44. The van der Waals surface area contributed by atoms with Gasteiger partial charge in [-0.2, -0.15) is 0 Å². The first-order valence-electron chi connectivity index (χ1n) is 9.01. The number of aromatic nitrogens is 3. The molecule has 24 heavy (non-hydrogen) atoms. The van der Waals surface area contributed by atoms with Crippen LogP contribution in [0.5, 0.6) is 0 Å². The van der Waals surface area contributed by atoms with Gasteiger partial charge >= 0.3 is 0 Å². The lowest BCUT2D eigenvalue weighted by Gasteiger charge is -2.39. The molecule has 0 spiro atoms. The summed E-state index contributed by atoms with van der Waals surface area (Å²) in [5.74, 6) is 1.69. The monoisotopic (exact) mass is 323 g/mol. The van der Waals surface area contributed by atoms with E-state index in [0.29, 0.717) is 17.8 Å². The van der Waals surface area contributed by atoms with Crippen LogP contribution in [0.25, 0.3) is 11.0 Å². The minimum atomic E-state index is 0.113. The van der Waals surface area contributed by atoms with Crippen molar-refractivity contribution in [3.8, 4) is 0 Å². The van der Waals surface area contributed by atoms with Gasteiger partial charge in [-0.3, -0.25) is 5.10 Å². The summed E-state index contributed by atoms with van der Waals surface area (Å²) < 4.78 is 6.32. The standard InChI is InChI=1S/C20H25N3O/c1-13-10-11-17-19(22-23-21-17)18(13)20-16(9-6-12-24-20)14(2)15-7-4-3-5-8-15/h3-5,7,10-11,14-16,20H,6,8-9,12H2,1-2H3,(H,21,22,23). The number of fused-ring (bicyclic) bond motifs is 1. The van der Waals surface area contributed by atoms with Crippen LogP contribution < -0.4 is 0 Å². The first-order chi connectivity index (χ1) is 11.8. The van der Waals surface area contributed by atoms with E-state index in [1.807, 2.05) is 0 Å². The molecule has 0 saturated carbocycles. The fraction of sp³-hybridized carbons (Fsp3) is 0.500. The number of benzene rings is 1. The average molecular weight is 323 g/mol. The number of nitrogens with one attached hydrogen (secondary N) is 1. The topological polar surface area (TPSA) is 50.8 Å². The minimum Gasteiger partial charge on any atom is -0.373 e. The zero-order valence-electron chi connectivity index (χ0n) is 14.4. The number of aryl methyl sites for hydroxylation is 1. The Morgan fingerprint density at radius 2 is 2.21 bits per heavy atom. The van der Waals surface area contributed by atoms with Gasteiger partial charge in [0.2, 0.25) is 0 Å². The van der Waals surface area contributed by atoms with Gasteiger partial charge in [0.05, 0.1) is 11.6 Å². The third-order valence-electron chi connectivity index (χ3n) is 5.77. The van der Waals surface area contributed by atoms with Gasteiger partial charge in [-0.15, -0.1) is 5.10 Å². The van der Waals surface area contributed by atoms with Crippen molar-refractivity contribution < 1.29 is 4.74 Å². The molecule has 1 fully saturated rings. The molecule has 4 rings (SSSR count). The van der Waals surface area contributed by atoms with E-state index in [1.54, 1.807) is 0 Å². The van der Waals surface area contributed by atoms with Crippen molar-refractivity contribution in [3.05, 3.63) is 47.6 Å². The summed E-state index contributed by atoms with van der Waals surface area (Å²) in [5, 5.41) is 11.4. The fourth-order valence-corrected chi connectivity index (χ4v) is 4.34. The second kappa shape index (κ2) is 6.52. The number of H-pyrrole nitrogens is 1. The summed E-state index contributed by atoms with van der Waals surface area (Å²) in [7, 11) is 0. The molecule has 4 atom stereocenters. The molecular weight excluding hydrogens is 298 g/mol. The van der Waals surface area contributed by atoms with Crippen molar-refractivity contribution in [1.29, 1.82) is 0 Å². The SMILES string of the molecule is Cc1ccc2[nH]nnc2c1C1OCCCC1C(C)C1C=CC=CC1. The smallest absolute Gasteiger partial charge is 0.118 e. The Labute approximate surface area is 143 Å². The Bertz CT molecular complexity index is 776. The summed E-state index contributed by atoms with van der Waals surface area (Å²) >= 11 is 0. The third kappa shape index (κ3) is 2.69. The van der Waals surface area contributed by atoms with Crippen molar-refractivity contribution in [2.45, 2.75) is 39.2 Å². The van der Waals surface area contributed by atoms with Gasteiger partial charge in [0.25, 0.3) is 0 Å². The Kier molecular flexibility index (Phi) is 4.23. The van der Waals surface area contributed by atoms with E-state index in [1.165, 1.54) is 17.5 Å². The van der Waals surface area contributed by atoms with E-state index in [2.05, 4.69) is 65.7 Å². The molecular formula is C20H25N3O. The van der Waals surface area contributed by atoms with Gasteiger partial charge < -0.3 is 4.74 Å². The fourth-order valence-electron chi connectivity index (χ4n) is 4.34. The normalized spacial score (nSPS) is 28.3. The highest BCUT2D eigenvalue weighted by Gasteiger charge is 2.36. The molecule has 1 N–H and O–H groups in total. The molecule has 1 aliphatic heterocycles. The Morgan fingerprint density at radius 3 is 3.04 bits per heavy atom. The van der Waals surface area contributed by atoms with Gasteiger partial charge in [-0.25, -0.2) is 0 Å². The molecule has 4 heteroatoms. The Balaban J connectivity index is 1.71. The molecule has 2 heterocycles. The average Bonchev–Trinajstić information content (AvgIpc) is 3.10. The molecule has 0 bridgehead atoms. The van der Waals surface area contributed by atoms with Gasteiger partial charge in [0.15, 0.2) is 0 Å². The quantitative estimate of drug-likeness (QED) is 0.904. The summed E-state index contributed by atoms with van der Waals surface area (Å²) in [5.41, 5.74) is 4.45. The predicted octanol–water partition coefficient (Wildman–Crippen LogP) is 4.50. The van der Waals surface area contributed by atoms with E-state index in [4.69, 9.17) is 4.74 Å². The third-order valence-corrected chi connectivity index (χ3v) is 5.77. The highest BCUT2D eigenvalue weighted by molar-refractivity contribution is 5.79. The molecule has 0 amide bonds. The van der Waals surface area contributed by atoms with Crippen LogP contribution in [0.2, 0.25) is 0 Å². The number of rotatable bonds is 3. The van der Waals surface area contributed by atoms with Crippen molar-refractivity contribution in [2.75, 3.05) is 6.61 Å². The van der Waals surface area contributed by atoms with Crippen LogP contribution in [0.4, 0.5) is 0 Å². The summed E-state index contributed by atoms with van der Waals surface area (Å²) in [4.78, 5) is 0. The lowest BCUT2D eigenvalue weighted by molar-refractivity contribution is -0.0519. The lowest BCUT2D eigenvalue weighted by atomic mass is 9.72. The van der Waals surface area contributed by atoms with Crippen molar-refractivity contribution in [1.82, 2.24) is 15.4 Å². The van der Waals surface area contributed by atoms with Gasteiger partial charge in [-0.1, -0.05) is 42.5 Å². The second-order valence-electron chi connectivity index (χ2n) is 7.17. The van der Waals surface area contributed by atoms with E-state index in [-0.39, 0.29) is 6.10 Å². The van der Waals surface area contributed by atoms with Crippen molar-refractivity contribution in [2.24, 2.45) is 17.8 Å². The van der Waals surface area contributed by atoms with E-state index in [9.17, 15) is 0 Å².